The maximum absolute atomic E-state index is 12.6. The van der Waals surface area contributed by atoms with Crippen molar-refractivity contribution in [3.63, 3.8) is 0 Å². The normalized spacial score (nSPS) is 13.9. The van der Waals surface area contributed by atoms with Gasteiger partial charge in [0.25, 0.3) is 0 Å². The van der Waals surface area contributed by atoms with Crippen LogP contribution in [0, 0.1) is 5.92 Å². The molecule has 0 bridgehead atoms. The first-order valence-electron chi connectivity index (χ1n) is 11.2. The van der Waals surface area contributed by atoms with Crippen LogP contribution in [0.3, 0.4) is 0 Å². The molecule has 0 atom stereocenters. The number of amides is 1. The van der Waals surface area contributed by atoms with E-state index in [1.165, 1.54) is 31.2 Å². The molecule has 160 valence electrons. The van der Waals surface area contributed by atoms with Crippen LogP contribution in [0.5, 0.6) is 5.75 Å². The molecule has 0 radical (unpaired) electrons. The number of aromatic hydroxyl groups is 1. The minimum Gasteiger partial charge on any atom is -0.508 e. The Morgan fingerprint density at radius 1 is 1.03 bits per heavy atom. The standard InChI is InChI=1S/C26H29N3O2/c30-22-15-13-21(14-16-22)24-18-27-26(23(28-24)17-20-9-4-5-10-20)29-25(31)12-6-11-19-7-2-1-3-8-19/h1-3,7-8,13-16,18,20,30H,4-6,9-12,17H2,(H,27,29,31). The van der Waals surface area contributed by atoms with Crippen molar-refractivity contribution < 1.29 is 9.90 Å². The molecular weight excluding hydrogens is 386 g/mol. The third-order valence-electron chi connectivity index (χ3n) is 5.93. The molecule has 1 aliphatic rings. The Hall–Kier alpha value is -3.21. The second-order valence-corrected chi connectivity index (χ2v) is 8.34. The molecule has 1 amide bonds. The SMILES string of the molecule is O=C(CCCc1ccccc1)Nc1ncc(-c2ccc(O)cc2)nc1CC1CCCC1. The van der Waals surface area contributed by atoms with E-state index in [-0.39, 0.29) is 11.7 Å². The molecule has 1 aromatic heterocycles. The van der Waals surface area contributed by atoms with Crippen molar-refractivity contribution >= 4 is 11.7 Å². The Kier molecular flexibility index (Phi) is 6.92. The molecule has 2 N–H and O–H groups in total. The van der Waals surface area contributed by atoms with E-state index in [9.17, 15) is 9.90 Å². The Balaban J connectivity index is 1.45. The first-order chi connectivity index (χ1) is 15.2. The molecule has 3 aromatic rings. The Bertz CT molecular complexity index is 997. The summed E-state index contributed by atoms with van der Waals surface area (Å²) in [5.74, 6) is 1.38. The highest BCUT2D eigenvalue weighted by molar-refractivity contribution is 5.90. The lowest BCUT2D eigenvalue weighted by molar-refractivity contribution is -0.116. The van der Waals surface area contributed by atoms with Gasteiger partial charge in [-0.25, -0.2) is 9.97 Å². The van der Waals surface area contributed by atoms with E-state index < -0.39 is 0 Å². The summed E-state index contributed by atoms with van der Waals surface area (Å²) in [6.45, 7) is 0. The number of nitrogens with zero attached hydrogens (tertiary/aromatic N) is 2. The highest BCUT2D eigenvalue weighted by Crippen LogP contribution is 2.30. The van der Waals surface area contributed by atoms with Crippen molar-refractivity contribution in [2.45, 2.75) is 51.4 Å². The molecule has 0 aliphatic heterocycles. The van der Waals surface area contributed by atoms with E-state index in [4.69, 9.17) is 4.98 Å². The van der Waals surface area contributed by atoms with Gasteiger partial charge in [0.1, 0.15) is 5.75 Å². The van der Waals surface area contributed by atoms with Crippen molar-refractivity contribution in [1.82, 2.24) is 9.97 Å². The molecule has 1 heterocycles. The molecule has 5 heteroatoms. The average Bonchev–Trinajstić information content (AvgIpc) is 3.29. The van der Waals surface area contributed by atoms with Crippen LogP contribution in [0.15, 0.2) is 60.8 Å². The van der Waals surface area contributed by atoms with Crippen LogP contribution < -0.4 is 5.32 Å². The molecular formula is C26H29N3O2. The Labute approximate surface area is 183 Å². The van der Waals surface area contributed by atoms with Gasteiger partial charge in [-0.3, -0.25) is 4.79 Å². The van der Waals surface area contributed by atoms with Crippen molar-refractivity contribution in [3.05, 3.63) is 72.1 Å². The molecule has 31 heavy (non-hydrogen) atoms. The fourth-order valence-electron chi connectivity index (χ4n) is 4.23. The Morgan fingerprint density at radius 3 is 2.52 bits per heavy atom. The topological polar surface area (TPSA) is 75.1 Å². The zero-order valence-corrected chi connectivity index (χ0v) is 17.8. The predicted molar refractivity (Wildman–Crippen MR) is 123 cm³/mol. The number of aryl methyl sites for hydroxylation is 1. The number of carbonyl (C=O) groups excluding carboxylic acids is 1. The van der Waals surface area contributed by atoms with E-state index in [0.717, 1.165) is 36.2 Å². The first kappa shape index (κ1) is 21.0. The van der Waals surface area contributed by atoms with Crippen LogP contribution in [0.4, 0.5) is 5.82 Å². The van der Waals surface area contributed by atoms with Crippen LogP contribution in [0.1, 0.15) is 49.8 Å². The second-order valence-electron chi connectivity index (χ2n) is 8.34. The van der Waals surface area contributed by atoms with Crippen LogP contribution in [-0.4, -0.2) is 21.0 Å². The first-order valence-corrected chi connectivity index (χ1v) is 11.2. The molecule has 0 spiro atoms. The van der Waals surface area contributed by atoms with Gasteiger partial charge in [0.05, 0.1) is 17.6 Å². The number of aromatic nitrogens is 2. The summed E-state index contributed by atoms with van der Waals surface area (Å²) in [4.78, 5) is 22.0. The highest BCUT2D eigenvalue weighted by atomic mass is 16.3. The lowest BCUT2D eigenvalue weighted by Gasteiger charge is -2.14. The number of anilines is 1. The fraction of sp³-hybridized carbons (Fsp3) is 0.346. The molecule has 0 saturated heterocycles. The maximum Gasteiger partial charge on any atom is 0.225 e. The summed E-state index contributed by atoms with van der Waals surface area (Å²) in [7, 11) is 0. The monoisotopic (exact) mass is 415 g/mol. The molecule has 1 fully saturated rings. The summed E-state index contributed by atoms with van der Waals surface area (Å²) in [5.41, 5.74) is 3.76. The smallest absolute Gasteiger partial charge is 0.225 e. The summed E-state index contributed by atoms with van der Waals surface area (Å²) in [6.07, 6.45) is 9.60. The number of hydrogen-bond donors (Lipinski definition) is 2. The summed E-state index contributed by atoms with van der Waals surface area (Å²) in [5, 5.41) is 12.6. The maximum atomic E-state index is 12.6. The summed E-state index contributed by atoms with van der Waals surface area (Å²) < 4.78 is 0. The van der Waals surface area contributed by atoms with E-state index in [1.807, 2.05) is 30.3 Å². The molecule has 0 unspecified atom stereocenters. The van der Waals surface area contributed by atoms with Gasteiger partial charge in [0.15, 0.2) is 5.82 Å². The molecule has 4 rings (SSSR count). The predicted octanol–water partition coefficient (Wildman–Crippen LogP) is 5.54. The van der Waals surface area contributed by atoms with Gasteiger partial charge >= 0.3 is 0 Å². The molecule has 2 aromatic carbocycles. The van der Waals surface area contributed by atoms with E-state index in [2.05, 4.69) is 22.4 Å². The van der Waals surface area contributed by atoms with Crippen molar-refractivity contribution in [2.24, 2.45) is 5.92 Å². The Morgan fingerprint density at radius 2 is 1.77 bits per heavy atom. The van der Waals surface area contributed by atoms with Gasteiger partial charge in [-0.05, 0) is 55.0 Å². The third kappa shape index (κ3) is 5.91. The number of phenols is 1. The minimum absolute atomic E-state index is 0.0183. The van der Waals surface area contributed by atoms with E-state index in [0.29, 0.717) is 18.2 Å². The van der Waals surface area contributed by atoms with E-state index in [1.54, 1.807) is 18.3 Å². The number of rotatable bonds is 8. The quantitative estimate of drug-likeness (QED) is 0.506. The zero-order valence-electron chi connectivity index (χ0n) is 17.8. The highest BCUT2D eigenvalue weighted by Gasteiger charge is 2.20. The average molecular weight is 416 g/mol. The second kappa shape index (κ2) is 10.2. The van der Waals surface area contributed by atoms with Gasteiger partial charge in [0, 0.05) is 12.0 Å². The number of hydrogen-bond acceptors (Lipinski definition) is 4. The lowest BCUT2D eigenvalue weighted by Crippen LogP contribution is -2.16. The van der Waals surface area contributed by atoms with Crippen LogP contribution in [0.2, 0.25) is 0 Å². The molecule has 1 aliphatic carbocycles. The van der Waals surface area contributed by atoms with Crippen molar-refractivity contribution in [1.29, 1.82) is 0 Å². The number of carbonyl (C=O) groups is 1. The number of nitrogens with one attached hydrogen (secondary N) is 1. The third-order valence-corrected chi connectivity index (χ3v) is 5.93. The van der Waals surface area contributed by atoms with Gasteiger partial charge in [-0.1, -0.05) is 56.0 Å². The van der Waals surface area contributed by atoms with Gasteiger partial charge in [-0.15, -0.1) is 0 Å². The fourth-order valence-corrected chi connectivity index (χ4v) is 4.23. The zero-order chi connectivity index (χ0) is 21.5. The van der Waals surface area contributed by atoms with Gasteiger partial charge in [0.2, 0.25) is 5.91 Å². The summed E-state index contributed by atoms with van der Waals surface area (Å²) >= 11 is 0. The van der Waals surface area contributed by atoms with Crippen molar-refractivity contribution in [2.75, 3.05) is 5.32 Å². The van der Waals surface area contributed by atoms with Crippen LogP contribution in [-0.2, 0) is 17.6 Å². The lowest BCUT2D eigenvalue weighted by atomic mass is 10.0. The van der Waals surface area contributed by atoms with Crippen molar-refractivity contribution in [3.8, 4) is 17.0 Å². The van der Waals surface area contributed by atoms with Gasteiger partial charge in [-0.2, -0.15) is 0 Å². The minimum atomic E-state index is -0.0183. The summed E-state index contributed by atoms with van der Waals surface area (Å²) in [6, 6.07) is 17.2. The van der Waals surface area contributed by atoms with Gasteiger partial charge < -0.3 is 10.4 Å². The van der Waals surface area contributed by atoms with Crippen LogP contribution >= 0.6 is 0 Å². The van der Waals surface area contributed by atoms with E-state index >= 15 is 0 Å². The van der Waals surface area contributed by atoms with Crippen LogP contribution in [0.25, 0.3) is 11.3 Å². The largest absolute Gasteiger partial charge is 0.508 e. The number of benzene rings is 2. The molecule has 5 nitrogen and oxygen atoms in total. The number of phenolic OH excluding ortho intramolecular Hbond substituents is 1. The molecule has 1 saturated carbocycles.